The molecule has 0 saturated carbocycles. The molecule has 0 bridgehead atoms. The van der Waals surface area contributed by atoms with Gasteiger partial charge in [0, 0.05) is 5.92 Å². The van der Waals surface area contributed by atoms with Gasteiger partial charge in [-0.05, 0) is 19.3 Å². The van der Waals surface area contributed by atoms with Crippen LogP contribution in [0.25, 0.3) is 0 Å². The number of nitrogens with two attached hydrogens (primary N) is 1. The fourth-order valence-electron chi connectivity index (χ4n) is 1.70. The minimum Gasteiger partial charge on any atom is -0.493 e. The van der Waals surface area contributed by atoms with E-state index in [2.05, 4.69) is 57.9 Å². The molecule has 1 amide bonds. The number of allylic oxidation sites excluding steroid dienone is 1. The van der Waals surface area contributed by atoms with Crippen molar-refractivity contribution in [1.82, 2.24) is 0 Å². The molecule has 3 nitrogen and oxygen atoms in total. The molecule has 0 fully saturated rings. The summed E-state index contributed by atoms with van der Waals surface area (Å²) in [6.07, 6.45) is 2.64. The molecular formula is C19H31NO2. The molecule has 0 heterocycles. The molecule has 1 aromatic carbocycles. The number of primary amides is 1. The lowest BCUT2D eigenvalue weighted by Crippen LogP contribution is -2.02. The van der Waals surface area contributed by atoms with Gasteiger partial charge in [0.05, 0.1) is 7.11 Å². The molecule has 3 heteroatoms. The molecule has 2 N–H and O–H groups in total. The van der Waals surface area contributed by atoms with Gasteiger partial charge in [0.15, 0.2) is 0 Å². The zero-order chi connectivity index (χ0) is 17.4. The Kier molecular flexibility index (Phi) is 15.6. The number of ether oxygens (including phenoxy) is 1. The van der Waals surface area contributed by atoms with Gasteiger partial charge in [-0.3, -0.25) is 4.79 Å². The maximum absolute atomic E-state index is 8.58. The average molecular weight is 305 g/mol. The molecule has 0 aliphatic carbocycles. The SMILES string of the molecule is C=C=C(OC)C(C)CCC(C)C.Cc1ccccc1.NC=O. The van der Waals surface area contributed by atoms with Crippen molar-refractivity contribution in [1.29, 1.82) is 0 Å². The van der Waals surface area contributed by atoms with E-state index in [0.717, 1.165) is 18.1 Å². The zero-order valence-electron chi connectivity index (χ0n) is 14.6. The van der Waals surface area contributed by atoms with Crippen LogP contribution >= 0.6 is 0 Å². The van der Waals surface area contributed by atoms with Crippen LogP contribution in [0.1, 0.15) is 39.2 Å². The highest BCUT2D eigenvalue weighted by Crippen LogP contribution is 2.18. The zero-order valence-corrected chi connectivity index (χ0v) is 14.6. The highest BCUT2D eigenvalue weighted by molar-refractivity contribution is 5.42. The summed E-state index contributed by atoms with van der Waals surface area (Å²) >= 11 is 0. The molecule has 0 spiro atoms. The molecule has 1 aromatic rings. The first kappa shape index (κ1) is 22.3. The third-order valence-electron chi connectivity index (χ3n) is 2.96. The van der Waals surface area contributed by atoms with E-state index < -0.39 is 0 Å². The number of carbonyl (C=O) groups is 1. The molecule has 0 aliphatic heterocycles. The van der Waals surface area contributed by atoms with Crippen molar-refractivity contribution < 1.29 is 9.53 Å². The molecule has 124 valence electrons. The molecule has 1 rings (SSSR count). The van der Waals surface area contributed by atoms with Crippen molar-refractivity contribution in [3.8, 4) is 0 Å². The minimum absolute atomic E-state index is 0.250. The van der Waals surface area contributed by atoms with Crippen molar-refractivity contribution >= 4 is 6.41 Å². The molecule has 0 aliphatic rings. The van der Waals surface area contributed by atoms with Gasteiger partial charge in [-0.25, -0.2) is 0 Å². The van der Waals surface area contributed by atoms with Crippen LogP contribution in [0.15, 0.2) is 48.4 Å². The number of rotatable bonds is 5. The number of methoxy groups -OCH3 is 1. The Balaban J connectivity index is 0. The number of amides is 1. The second kappa shape index (κ2) is 15.4. The fraction of sp³-hybridized carbons (Fsp3) is 0.474. The summed E-state index contributed by atoms with van der Waals surface area (Å²) in [5.41, 5.74) is 8.31. The third-order valence-corrected chi connectivity index (χ3v) is 2.96. The van der Waals surface area contributed by atoms with Gasteiger partial charge < -0.3 is 10.5 Å². The van der Waals surface area contributed by atoms with E-state index in [1.807, 2.05) is 18.2 Å². The topological polar surface area (TPSA) is 52.3 Å². The fourth-order valence-corrected chi connectivity index (χ4v) is 1.70. The van der Waals surface area contributed by atoms with Crippen LogP contribution < -0.4 is 5.73 Å². The molecular weight excluding hydrogens is 274 g/mol. The maximum atomic E-state index is 8.58. The Morgan fingerprint density at radius 3 is 2.05 bits per heavy atom. The lowest BCUT2D eigenvalue weighted by Gasteiger charge is -2.13. The van der Waals surface area contributed by atoms with Gasteiger partial charge in [0.2, 0.25) is 6.41 Å². The van der Waals surface area contributed by atoms with Gasteiger partial charge in [0.25, 0.3) is 0 Å². The Morgan fingerprint density at radius 2 is 1.77 bits per heavy atom. The molecule has 1 atom stereocenters. The molecule has 22 heavy (non-hydrogen) atoms. The maximum Gasteiger partial charge on any atom is 0.204 e. The van der Waals surface area contributed by atoms with Gasteiger partial charge in [-0.2, -0.15) is 0 Å². The summed E-state index contributed by atoms with van der Waals surface area (Å²) in [4.78, 5) is 8.58. The van der Waals surface area contributed by atoms with Gasteiger partial charge in [-0.15, -0.1) is 0 Å². The Morgan fingerprint density at radius 1 is 1.27 bits per heavy atom. The Labute approximate surface area is 135 Å². The van der Waals surface area contributed by atoms with E-state index in [4.69, 9.17) is 9.53 Å². The van der Waals surface area contributed by atoms with E-state index in [0.29, 0.717) is 5.92 Å². The summed E-state index contributed by atoms with van der Waals surface area (Å²) in [7, 11) is 1.68. The van der Waals surface area contributed by atoms with E-state index in [1.165, 1.54) is 12.0 Å². The van der Waals surface area contributed by atoms with E-state index in [1.54, 1.807) is 7.11 Å². The molecule has 1 unspecified atom stereocenters. The van der Waals surface area contributed by atoms with Crippen LogP contribution in [-0.4, -0.2) is 13.5 Å². The predicted molar refractivity (Wildman–Crippen MR) is 94.3 cm³/mol. The first-order chi connectivity index (χ1) is 10.4. The molecule has 0 aromatic heterocycles. The number of benzene rings is 1. The largest absolute Gasteiger partial charge is 0.493 e. The van der Waals surface area contributed by atoms with Crippen LogP contribution in [0.2, 0.25) is 0 Å². The van der Waals surface area contributed by atoms with E-state index in [-0.39, 0.29) is 6.41 Å². The first-order valence-electron chi connectivity index (χ1n) is 7.53. The van der Waals surface area contributed by atoms with Crippen molar-refractivity contribution in [2.75, 3.05) is 7.11 Å². The van der Waals surface area contributed by atoms with Gasteiger partial charge in [0.1, 0.15) is 5.76 Å². The van der Waals surface area contributed by atoms with Gasteiger partial charge in [-0.1, -0.05) is 75.4 Å². The highest BCUT2D eigenvalue weighted by atomic mass is 16.5. The van der Waals surface area contributed by atoms with Crippen LogP contribution in [0.3, 0.4) is 0 Å². The Hall–Kier alpha value is -1.99. The summed E-state index contributed by atoms with van der Waals surface area (Å²) < 4.78 is 5.14. The van der Waals surface area contributed by atoms with Crippen LogP contribution in [0.5, 0.6) is 0 Å². The second-order valence-electron chi connectivity index (χ2n) is 5.41. The summed E-state index contributed by atoms with van der Waals surface area (Å²) in [6, 6.07) is 10.3. The minimum atomic E-state index is 0.250. The van der Waals surface area contributed by atoms with Gasteiger partial charge >= 0.3 is 0 Å². The first-order valence-corrected chi connectivity index (χ1v) is 7.53. The normalized spacial score (nSPS) is 10.1. The highest BCUT2D eigenvalue weighted by Gasteiger charge is 2.08. The second-order valence-corrected chi connectivity index (χ2v) is 5.41. The van der Waals surface area contributed by atoms with Crippen molar-refractivity contribution in [2.45, 2.75) is 40.5 Å². The third kappa shape index (κ3) is 14.4. The van der Waals surface area contributed by atoms with E-state index in [9.17, 15) is 0 Å². The summed E-state index contributed by atoms with van der Waals surface area (Å²) in [5, 5.41) is 0. The number of hydrogen-bond acceptors (Lipinski definition) is 2. The Bertz CT molecular complexity index is 420. The van der Waals surface area contributed by atoms with Crippen LogP contribution in [-0.2, 0) is 9.53 Å². The number of aryl methyl sites for hydroxylation is 1. The van der Waals surface area contributed by atoms with E-state index >= 15 is 0 Å². The van der Waals surface area contributed by atoms with Crippen LogP contribution in [0, 0.1) is 18.8 Å². The predicted octanol–water partition coefficient (Wildman–Crippen LogP) is 4.47. The molecule has 0 saturated heterocycles. The smallest absolute Gasteiger partial charge is 0.204 e. The average Bonchev–Trinajstić information content (AvgIpc) is 2.48. The van der Waals surface area contributed by atoms with Crippen LogP contribution in [0.4, 0.5) is 0 Å². The molecule has 0 radical (unpaired) electrons. The van der Waals surface area contributed by atoms with Crippen molar-refractivity contribution in [3.63, 3.8) is 0 Å². The number of hydrogen-bond donors (Lipinski definition) is 1. The van der Waals surface area contributed by atoms with Crippen molar-refractivity contribution in [2.24, 2.45) is 17.6 Å². The quantitative estimate of drug-likeness (QED) is 0.495. The van der Waals surface area contributed by atoms with Crippen molar-refractivity contribution in [3.05, 3.63) is 54.0 Å². The standard InChI is InChI=1S/C11H20O.C7H8.CH3NO/c1-6-11(12-5)10(4)8-7-9(2)3;1-7-5-3-2-4-6-7;2-1-3/h9-10H,1,7-8H2,2-5H3;2-6H,1H3;1H,(H2,2,3). The lowest BCUT2D eigenvalue weighted by molar-refractivity contribution is -0.106. The summed E-state index contributed by atoms with van der Waals surface area (Å²) in [6.45, 7) is 12.3. The number of carbonyl (C=O) groups excluding carboxylic acids is 1. The monoisotopic (exact) mass is 305 g/mol. The lowest BCUT2D eigenvalue weighted by atomic mass is 9.98. The summed E-state index contributed by atoms with van der Waals surface area (Å²) in [5.74, 6) is 2.10.